The zero-order valence-electron chi connectivity index (χ0n) is 14.9. The van der Waals surface area contributed by atoms with E-state index in [1.807, 2.05) is 0 Å². The number of esters is 1. The van der Waals surface area contributed by atoms with Gasteiger partial charge in [-0.3, -0.25) is 19.3 Å². The van der Waals surface area contributed by atoms with Crippen LogP contribution in [0.3, 0.4) is 0 Å². The minimum absolute atomic E-state index is 0.249. The predicted molar refractivity (Wildman–Crippen MR) is 98.6 cm³/mol. The number of carbonyl (C=O) groups excluding carboxylic acids is 4. The highest BCUT2D eigenvalue weighted by Crippen LogP contribution is 2.56. The van der Waals surface area contributed by atoms with Gasteiger partial charge in [0, 0.05) is 10.0 Å². The minimum Gasteiger partial charge on any atom is -0.456 e. The lowest BCUT2D eigenvalue weighted by Crippen LogP contribution is -2.45. The lowest BCUT2D eigenvalue weighted by atomic mass is 9.81. The smallest absolute Gasteiger partial charge is 0.329 e. The fourth-order valence-corrected chi connectivity index (χ4v) is 5.16. The van der Waals surface area contributed by atoms with E-state index >= 15 is 0 Å². The molecule has 2 amide bonds. The van der Waals surface area contributed by atoms with Crippen LogP contribution in [0.15, 0.2) is 28.7 Å². The molecule has 3 aliphatic rings. The molecule has 0 spiro atoms. The average Bonchev–Trinajstić information content (AvgIpc) is 3.33. The van der Waals surface area contributed by atoms with Crippen molar-refractivity contribution in [3.05, 3.63) is 34.3 Å². The highest BCUT2D eigenvalue weighted by atomic mass is 79.9. The topological polar surface area (TPSA) is 80.8 Å². The summed E-state index contributed by atoms with van der Waals surface area (Å²) in [6.07, 6.45) is 2.92. The second-order valence-electron chi connectivity index (χ2n) is 7.65. The number of ether oxygens (including phenoxy) is 1. The Kier molecular flexibility index (Phi) is 4.66. The monoisotopic (exact) mass is 433 g/mol. The lowest BCUT2D eigenvalue weighted by molar-refractivity contribution is -0.157. The molecule has 0 radical (unpaired) electrons. The van der Waals surface area contributed by atoms with E-state index in [0.29, 0.717) is 5.56 Å². The van der Waals surface area contributed by atoms with E-state index in [9.17, 15) is 19.2 Å². The normalized spacial score (nSPS) is 29.8. The summed E-state index contributed by atoms with van der Waals surface area (Å²) in [5.74, 6) is -1.56. The van der Waals surface area contributed by atoms with Crippen LogP contribution in [0.25, 0.3) is 0 Å². The molecule has 1 aliphatic heterocycles. The fraction of sp³-hybridized carbons (Fsp3) is 0.500. The second kappa shape index (κ2) is 6.86. The summed E-state index contributed by atoms with van der Waals surface area (Å²) in [6.45, 7) is 1.07. The summed E-state index contributed by atoms with van der Waals surface area (Å²) >= 11 is 3.29. The van der Waals surface area contributed by atoms with Crippen molar-refractivity contribution in [1.82, 2.24) is 4.90 Å². The molecule has 3 fully saturated rings. The van der Waals surface area contributed by atoms with Crippen molar-refractivity contribution in [2.75, 3.05) is 6.61 Å². The first-order valence-corrected chi connectivity index (χ1v) is 10.00. The van der Waals surface area contributed by atoms with Crippen LogP contribution < -0.4 is 0 Å². The Bertz CT molecular complexity index is 792. The van der Waals surface area contributed by atoms with E-state index in [-0.39, 0.29) is 41.3 Å². The first-order chi connectivity index (χ1) is 12.9. The van der Waals surface area contributed by atoms with Gasteiger partial charge in [0.2, 0.25) is 11.8 Å². The molecule has 1 aromatic rings. The van der Waals surface area contributed by atoms with Gasteiger partial charge in [0.1, 0.15) is 6.04 Å². The number of hydrogen-bond donors (Lipinski definition) is 0. The first kappa shape index (κ1) is 18.3. The molecule has 7 heteroatoms. The summed E-state index contributed by atoms with van der Waals surface area (Å²) in [5.41, 5.74) is 0.429. The van der Waals surface area contributed by atoms with Gasteiger partial charge in [0.15, 0.2) is 12.4 Å². The largest absolute Gasteiger partial charge is 0.456 e. The van der Waals surface area contributed by atoms with Gasteiger partial charge in [0.05, 0.1) is 11.8 Å². The summed E-state index contributed by atoms with van der Waals surface area (Å²) in [5, 5.41) is 0. The van der Waals surface area contributed by atoms with E-state index in [4.69, 9.17) is 4.74 Å². The molecular weight excluding hydrogens is 414 g/mol. The highest BCUT2D eigenvalue weighted by Gasteiger charge is 2.62. The predicted octanol–water partition coefficient (Wildman–Crippen LogP) is 2.59. The number of rotatable bonds is 5. The van der Waals surface area contributed by atoms with Gasteiger partial charge in [-0.05, 0) is 50.2 Å². The van der Waals surface area contributed by atoms with Crippen LogP contribution in [0.2, 0.25) is 0 Å². The van der Waals surface area contributed by atoms with Crippen molar-refractivity contribution in [3.63, 3.8) is 0 Å². The molecule has 0 N–H and O–H groups in total. The molecule has 2 bridgehead atoms. The Morgan fingerprint density at radius 2 is 1.67 bits per heavy atom. The molecule has 0 unspecified atom stereocenters. The summed E-state index contributed by atoms with van der Waals surface area (Å²) in [4.78, 5) is 51.1. The van der Waals surface area contributed by atoms with Crippen molar-refractivity contribution in [1.29, 1.82) is 0 Å². The third-order valence-electron chi connectivity index (χ3n) is 6.20. The molecule has 5 atom stereocenters. The lowest BCUT2D eigenvalue weighted by Gasteiger charge is -2.22. The van der Waals surface area contributed by atoms with Crippen LogP contribution in [0.1, 0.15) is 36.5 Å². The van der Waals surface area contributed by atoms with E-state index < -0.39 is 18.6 Å². The Balaban J connectivity index is 1.39. The molecule has 1 aromatic carbocycles. The molecule has 2 aliphatic carbocycles. The molecular formula is C20H20BrNO5. The van der Waals surface area contributed by atoms with Gasteiger partial charge in [-0.2, -0.15) is 0 Å². The number of likely N-dealkylation sites (tertiary alicyclic amines) is 1. The Hall–Kier alpha value is -2.02. The number of hydrogen-bond acceptors (Lipinski definition) is 5. The minimum atomic E-state index is -1.01. The Morgan fingerprint density at radius 1 is 1.11 bits per heavy atom. The van der Waals surface area contributed by atoms with E-state index in [2.05, 4.69) is 15.9 Å². The van der Waals surface area contributed by atoms with Crippen LogP contribution in [-0.4, -0.2) is 41.1 Å². The molecule has 0 aromatic heterocycles. The molecule has 4 rings (SSSR count). The van der Waals surface area contributed by atoms with Crippen LogP contribution in [0.4, 0.5) is 0 Å². The molecule has 2 saturated carbocycles. The number of carbonyl (C=O) groups is 4. The number of nitrogens with zero attached hydrogens (tertiary/aromatic N) is 1. The van der Waals surface area contributed by atoms with Gasteiger partial charge >= 0.3 is 5.97 Å². The summed E-state index contributed by atoms with van der Waals surface area (Å²) < 4.78 is 5.95. The summed E-state index contributed by atoms with van der Waals surface area (Å²) in [7, 11) is 0. The maximum absolute atomic E-state index is 12.8. The SMILES string of the molecule is C[C@H](C(=O)OCC(=O)c1ccc(Br)cc1)N1C(=O)[C@@H]2[C@@H]3CC[C@@H](C3)[C@@H]2C1=O. The van der Waals surface area contributed by atoms with E-state index in [0.717, 1.165) is 28.6 Å². The third-order valence-corrected chi connectivity index (χ3v) is 6.73. The Morgan fingerprint density at radius 3 is 2.22 bits per heavy atom. The van der Waals surface area contributed by atoms with E-state index in [1.54, 1.807) is 24.3 Å². The van der Waals surface area contributed by atoms with Crippen LogP contribution in [0.5, 0.6) is 0 Å². The second-order valence-corrected chi connectivity index (χ2v) is 8.56. The molecule has 1 saturated heterocycles. The molecule has 142 valence electrons. The molecule has 27 heavy (non-hydrogen) atoms. The zero-order chi connectivity index (χ0) is 19.3. The number of Topliss-reactive ketones (excluding diaryl/α,β-unsaturated/α-hetero) is 1. The van der Waals surface area contributed by atoms with Crippen molar-refractivity contribution >= 4 is 39.5 Å². The number of amides is 2. The summed E-state index contributed by atoms with van der Waals surface area (Å²) in [6, 6.07) is 5.72. The maximum atomic E-state index is 12.8. The average molecular weight is 434 g/mol. The zero-order valence-corrected chi connectivity index (χ0v) is 16.5. The number of benzene rings is 1. The van der Waals surface area contributed by atoms with Gasteiger partial charge in [-0.25, -0.2) is 4.79 Å². The van der Waals surface area contributed by atoms with Crippen molar-refractivity contribution in [3.8, 4) is 0 Å². The first-order valence-electron chi connectivity index (χ1n) is 9.20. The van der Waals surface area contributed by atoms with Crippen LogP contribution in [0, 0.1) is 23.7 Å². The van der Waals surface area contributed by atoms with Crippen molar-refractivity contribution in [2.24, 2.45) is 23.7 Å². The van der Waals surface area contributed by atoms with Crippen LogP contribution >= 0.6 is 15.9 Å². The van der Waals surface area contributed by atoms with Gasteiger partial charge < -0.3 is 4.74 Å². The van der Waals surface area contributed by atoms with Crippen molar-refractivity contribution < 1.29 is 23.9 Å². The van der Waals surface area contributed by atoms with E-state index in [1.165, 1.54) is 6.92 Å². The molecule has 1 heterocycles. The van der Waals surface area contributed by atoms with Gasteiger partial charge in [0.25, 0.3) is 0 Å². The number of fused-ring (bicyclic) bond motifs is 5. The van der Waals surface area contributed by atoms with Gasteiger partial charge in [-0.1, -0.05) is 28.1 Å². The quantitative estimate of drug-likeness (QED) is 0.404. The highest BCUT2D eigenvalue weighted by molar-refractivity contribution is 9.10. The molecule has 6 nitrogen and oxygen atoms in total. The number of ketones is 1. The fourth-order valence-electron chi connectivity index (χ4n) is 4.90. The number of imide groups is 1. The van der Waals surface area contributed by atoms with Crippen molar-refractivity contribution in [2.45, 2.75) is 32.2 Å². The Labute approximate surface area is 165 Å². The number of halogens is 1. The third kappa shape index (κ3) is 3.02. The standard InChI is InChI=1S/C20H20BrNO5/c1-10(20(26)27-9-15(23)11-4-6-14(21)7-5-11)22-18(24)16-12-2-3-13(8-12)17(16)19(22)25/h4-7,10,12-13,16-17H,2-3,8-9H2,1H3/t10-,12-,13+,16-,17+/m1/s1. The maximum Gasteiger partial charge on any atom is 0.329 e. The van der Waals surface area contributed by atoms with Crippen LogP contribution in [-0.2, 0) is 19.1 Å². The van der Waals surface area contributed by atoms with Gasteiger partial charge in [-0.15, -0.1) is 0 Å².